The fraction of sp³-hybridized carbons (Fsp3) is 0.333. The van der Waals surface area contributed by atoms with E-state index >= 15 is 0 Å². The molecule has 8 heavy (non-hydrogen) atoms. The fourth-order valence-electron chi connectivity index (χ4n) is 0.149. The van der Waals surface area contributed by atoms with Crippen molar-refractivity contribution in [1.82, 2.24) is 4.72 Å². The van der Waals surface area contributed by atoms with Gasteiger partial charge in [0.2, 0.25) is 10.0 Å². The summed E-state index contributed by atoms with van der Waals surface area (Å²) >= 11 is 3.63. The molecule has 0 aliphatic heterocycles. The van der Waals surface area contributed by atoms with Gasteiger partial charge in [0.05, 0.1) is 5.88 Å². The second-order valence-electron chi connectivity index (χ2n) is 1.01. The van der Waals surface area contributed by atoms with Gasteiger partial charge >= 0.3 is 0 Å². The molecule has 0 heterocycles. The standard InChI is InChI=1S/C3H7NO2S2/c1-2-8(5,6)4-3-7/h2,4,7H,1,3H2. The molecule has 0 spiro atoms. The Morgan fingerprint density at radius 3 is 2.38 bits per heavy atom. The van der Waals surface area contributed by atoms with E-state index in [1.165, 1.54) is 0 Å². The second kappa shape index (κ2) is 3.11. The van der Waals surface area contributed by atoms with Gasteiger partial charge in [-0.25, -0.2) is 13.1 Å². The molecule has 0 saturated carbocycles. The van der Waals surface area contributed by atoms with Gasteiger partial charge in [0.25, 0.3) is 0 Å². The van der Waals surface area contributed by atoms with Crippen LogP contribution < -0.4 is 4.72 Å². The van der Waals surface area contributed by atoms with Crippen molar-refractivity contribution in [3.63, 3.8) is 0 Å². The summed E-state index contributed by atoms with van der Waals surface area (Å²) in [6.45, 7) is 3.07. The smallest absolute Gasteiger partial charge is 0.208 e. The quantitative estimate of drug-likeness (QED) is 0.440. The first kappa shape index (κ1) is 8.00. The van der Waals surface area contributed by atoms with Gasteiger partial charge in [-0.3, -0.25) is 0 Å². The zero-order valence-electron chi connectivity index (χ0n) is 4.16. The maximum absolute atomic E-state index is 10.3. The molecule has 0 aliphatic rings. The molecular weight excluding hydrogens is 146 g/mol. The first-order valence-electron chi connectivity index (χ1n) is 1.85. The van der Waals surface area contributed by atoms with Crippen LogP contribution in [0.4, 0.5) is 0 Å². The predicted molar refractivity (Wildman–Crippen MR) is 36.1 cm³/mol. The van der Waals surface area contributed by atoms with Gasteiger partial charge in [0.1, 0.15) is 0 Å². The lowest BCUT2D eigenvalue weighted by Crippen LogP contribution is -2.18. The van der Waals surface area contributed by atoms with Gasteiger partial charge in [-0.2, -0.15) is 12.6 Å². The normalized spacial score (nSPS) is 11.1. The SMILES string of the molecule is C=CS(=O)(=O)NCS. The molecule has 0 rings (SSSR count). The molecule has 0 aliphatic carbocycles. The Morgan fingerprint density at radius 2 is 2.25 bits per heavy atom. The van der Waals surface area contributed by atoms with Crippen molar-refractivity contribution >= 4 is 22.7 Å². The second-order valence-corrected chi connectivity index (χ2v) is 3.04. The van der Waals surface area contributed by atoms with Crippen LogP contribution in [0, 0.1) is 0 Å². The average molecular weight is 153 g/mol. The summed E-state index contributed by atoms with van der Waals surface area (Å²) in [7, 11) is -3.23. The number of hydrogen-bond acceptors (Lipinski definition) is 3. The third kappa shape index (κ3) is 3.06. The van der Waals surface area contributed by atoms with Crippen molar-refractivity contribution in [2.45, 2.75) is 0 Å². The van der Waals surface area contributed by atoms with Crippen molar-refractivity contribution < 1.29 is 8.42 Å². The lowest BCUT2D eigenvalue weighted by atomic mass is 11.3. The molecule has 1 N–H and O–H groups in total. The fourth-order valence-corrected chi connectivity index (χ4v) is 0.987. The molecule has 0 bridgehead atoms. The van der Waals surface area contributed by atoms with E-state index in [1.54, 1.807) is 0 Å². The van der Waals surface area contributed by atoms with Gasteiger partial charge in [-0.1, -0.05) is 6.58 Å². The summed E-state index contributed by atoms with van der Waals surface area (Å²) in [5.41, 5.74) is 0. The zero-order valence-corrected chi connectivity index (χ0v) is 5.87. The van der Waals surface area contributed by atoms with Gasteiger partial charge < -0.3 is 0 Å². The predicted octanol–water partition coefficient (Wildman–Crippen LogP) is -0.0634. The van der Waals surface area contributed by atoms with Gasteiger partial charge in [-0.05, 0) is 0 Å². The van der Waals surface area contributed by atoms with E-state index in [2.05, 4.69) is 23.9 Å². The van der Waals surface area contributed by atoms with Crippen LogP contribution in [-0.2, 0) is 10.0 Å². The largest absolute Gasteiger partial charge is 0.233 e. The first-order valence-corrected chi connectivity index (χ1v) is 4.03. The van der Waals surface area contributed by atoms with Crippen LogP contribution >= 0.6 is 12.6 Å². The van der Waals surface area contributed by atoms with E-state index in [1.807, 2.05) is 0 Å². The van der Waals surface area contributed by atoms with Crippen LogP contribution in [0.3, 0.4) is 0 Å². The van der Waals surface area contributed by atoms with Crippen molar-refractivity contribution in [2.24, 2.45) is 0 Å². The maximum atomic E-state index is 10.3. The molecule has 0 aromatic rings. The van der Waals surface area contributed by atoms with E-state index in [9.17, 15) is 8.42 Å². The van der Waals surface area contributed by atoms with Crippen molar-refractivity contribution in [3.05, 3.63) is 12.0 Å². The Morgan fingerprint density at radius 1 is 1.75 bits per heavy atom. The highest BCUT2D eigenvalue weighted by molar-refractivity contribution is 7.93. The summed E-state index contributed by atoms with van der Waals surface area (Å²) in [4.78, 5) is 0. The molecular formula is C3H7NO2S2. The van der Waals surface area contributed by atoms with Crippen LogP contribution in [0.25, 0.3) is 0 Å². The summed E-state index contributed by atoms with van der Waals surface area (Å²) in [6, 6.07) is 0. The van der Waals surface area contributed by atoms with Gasteiger partial charge in [-0.15, -0.1) is 0 Å². The Hall–Kier alpha value is -0.0000000000000000555. The van der Waals surface area contributed by atoms with Crippen LogP contribution in [0.5, 0.6) is 0 Å². The Bertz CT molecular complexity index is 160. The molecule has 3 nitrogen and oxygen atoms in total. The van der Waals surface area contributed by atoms with E-state index in [0.717, 1.165) is 5.41 Å². The highest BCUT2D eigenvalue weighted by Gasteiger charge is 1.97. The van der Waals surface area contributed by atoms with Crippen LogP contribution in [0.15, 0.2) is 12.0 Å². The third-order valence-electron chi connectivity index (χ3n) is 0.485. The van der Waals surface area contributed by atoms with E-state index in [0.29, 0.717) is 0 Å². The summed E-state index contributed by atoms with van der Waals surface area (Å²) in [6.07, 6.45) is 0. The van der Waals surface area contributed by atoms with E-state index in [4.69, 9.17) is 0 Å². The number of thiol groups is 1. The molecule has 0 saturated heterocycles. The van der Waals surface area contributed by atoms with E-state index < -0.39 is 10.0 Å². The summed E-state index contributed by atoms with van der Waals surface area (Å²) in [5, 5.41) is 0.837. The number of hydrogen-bond donors (Lipinski definition) is 2. The first-order chi connectivity index (χ1) is 3.62. The molecule has 0 aromatic heterocycles. The molecule has 0 fully saturated rings. The third-order valence-corrected chi connectivity index (χ3v) is 1.84. The van der Waals surface area contributed by atoms with Crippen LogP contribution in [0.1, 0.15) is 0 Å². The van der Waals surface area contributed by atoms with Crippen LogP contribution in [0.2, 0.25) is 0 Å². The highest BCUT2D eigenvalue weighted by Crippen LogP contribution is 1.81. The van der Waals surface area contributed by atoms with Gasteiger partial charge in [0.15, 0.2) is 0 Å². The number of rotatable bonds is 3. The molecule has 0 amide bonds. The minimum Gasteiger partial charge on any atom is -0.208 e. The number of sulfonamides is 1. The molecule has 0 atom stereocenters. The number of nitrogens with one attached hydrogen (secondary N) is 1. The van der Waals surface area contributed by atoms with Crippen molar-refractivity contribution in [3.8, 4) is 0 Å². The van der Waals surface area contributed by atoms with Crippen LogP contribution in [-0.4, -0.2) is 14.3 Å². The maximum Gasteiger partial charge on any atom is 0.233 e. The summed E-state index contributed by atoms with van der Waals surface area (Å²) in [5.74, 6) is 0.106. The minimum absolute atomic E-state index is 0.106. The average Bonchev–Trinajstić information content (AvgIpc) is 1.67. The molecule has 5 heteroatoms. The molecule has 0 unspecified atom stereocenters. The monoisotopic (exact) mass is 153 g/mol. The van der Waals surface area contributed by atoms with Crippen molar-refractivity contribution in [2.75, 3.05) is 5.88 Å². The zero-order chi connectivity index (χ0) is 6.62. The topological polar surface area (TPSA) is 46.2 Å². The Labute approximate surface area is 54.2 Å². The highest BCUT2D eigenvalue weighted by atomic mass is 32.2. The lowest BCUT2D eigenvalue weighted by Gasteiger charge is -1.92. The molecule has 0 aromatic carbocycles. The Kier molecular flexibility index (Phi) is 3.11. The molecule has 0 radical (unpaired) electrons. The van der Waals surface area contributed by atoms with E-state index in [-0.39, 0.29) is 5.88 Å². The van der Waals surface area contributed by atoms with Crippen molar-refractivity contribution in [1.29, 1.82) is 0 Å². The lowest BCUT2D eigenvalue weighted by molar-refractivity contribution is 0.596. The molecule has 48 valence electrons. The van der Waals surface area contributed by atoms with Gasteiger partial charge in [0, 0.05) is 5.41 Å². The Balaban J connectivity index is 3.95. The summed E-state index contributed by atoms with van der Waals surface area (Å²) < 4.78 is 22.7. The minimum atomic E-state index is -3.23.